The first-order valence-electron chi connectivity index (χ1n) is 27.9. The van der Waals surface area contributed by atoms with E-state index in [1.54, 1.807) is 0 Å². The van der Waals surface area contributed by atoms with Crippen LogP contribution >= 0.6 is 0 Å². The van der Waals surface area contributed by atoms with Gasteiger partial charge in [-0.05, 0) is 173 Å². The smallest absolute Gasteiger partial charge is 0.252 e. The van der Waals surface area contributed by atoms with Crippen molar-refractivity contribution in [2.45, 2.75) is 124 Å². The van der Waals surface area contributed by atoms with Gasteiger partial charge in [0, 0.05) is 56.6 Å². The van der Waals surface area contributed by atoms with E-state index in [9.17, 15) is 0 Å². The Kier molecular flexibility index (Phi) is 11.6. The molecule has 0 saturated carbocycles. The standard InChI is InChI=1S/C73H74BN3/c1-69(2,3)49-26-22-47(23-27-49)48-24-33-55(34-25-48)76-64-20-17-21-65-68(64)74(62-42-32-52(44-66(62)76)72(10,11)12)63-43-40-57(46-67(63)77(65)56-39-41-59-58-18-15-16-19-60(58)73(13,14)61(59)45-56)75(53-35-28-50(29-36-53)70(4,5)6)54-37-30-51(31-38-54)71(7,8)9/h15-46H,1-14H3. The lowest BCUT2D eigenvalue weighted by Crippen LogP contribution is -2.61. The summed E-state index contributed by atoms with van der Waals surface area (Å²) in [5, 5.41) is 0. The molecule has 9 aromatic rings. The van der Waals surface area contributed by atoms with Crippen LogP contribution in [0, 0.1) is 0 Å². The zero-order valence-electron chi connectivity index (χ0n) is 47.9. The Labute approximate surface area is 460 Å². The number of rotatable bonds is 6. The van der Waals surface area contributed by atoms with E-state index in [0.717, 1.165) is 28.4 Å². The summed E-state index contributed by atoms with van der Waals surface area (Å²) in [5.41, 5.74) is 27.5. The van der Waals surface area contributed by atoms with Crippen molar-refractivity contribution in [1.82, 2.24) is 0 Å². The molecule has 12 rings (SSSR count). The quantitative estimate of drug-likeness (QED) is 0.154. The van der Waals surface area contributed by atoms with Crippen LogP contribution < -0.4 is 31.1 Å². The minimum Gasteiger partial charge on any atom is -0.311 e. The highest BCUT2D eigenvalue weighted by atomic mass is 15.2. The molecular weight excluding hydrogens is 930 g/mol. The summed E-state index contributed by atoms with van der Waals surface area (Å²) in [4.78, 5) is 7.60. The van der Waals surface area contributed by atoms with Gasteiger partial charge < -0.3 is 14.7 Å². The molecule has 384 valence electrons. The molecule has 77 heavy (non-hydrogen) atoms. The fourth-order valence-electron chi connectivity index (χ4n) is 12.5. The van der Waals surface area contributed by atoms with Crippen LogP contribution in [-0.2, 0) is 27.1 Å². The van der Waals surface area contributed by atoms with Crippen LogP contribution in [0.4, 0.5) is 51.2 Å². The Hall–Kier alpha value is -7.56. The van der Waals surface area contributed by atoms with E-state index in [1.807, 2.05) is 0 Å². The summed E-state index contributed by atoms with van der Waals surface area (Å²) in [6, 6.07) is 74.8. The first kappa shape index (κ1) is 50.3. The molecule has 4 heteroatoms. The van der Waals surface area contributed by atoms with Crippen molar-refractivity contribution in [2.24, 2.45) is 0 Å². The summed E-state index contributed by atoms with van der Waals surface area (Å²) >= 11 is 0. The van der Waals surface area contributed by atoms with E-state index in [1.165, 1.54) is 94.8 Å². The van der Waals surface area contributed by atoms with Gasteiger partial charge in [0.25, 0.3) is 6.71 Å². The van der Waals surface area contributed by atoms with Gasteiger partial charge in [-0.1, -0.05) is 212 Å². The molecule has 0 amide bonds. The molecule has 0 saturated heterocycles. The van der Waals surface area contributed by atoms with Crippen LogP contribution in [0.1, 0.15) is 130 Å². The van der Waals surface area contributed by atoms with Gasteiger partial charge >= 0.3 is 0 Å². The van der Waals surface area contributed by atoms with E-state index in [0.29, 0.717) is 0 Å². The van der Waals surface area contributed by atoms with Crippen LogP contribution in [0.5, 0.6) is 0 Å². The topological polar surface area (TPSA) is 9.72 Å². The lowest BCUT2D eigenvalue weighted by molar-refractivity contribution is 0.590. The molecule has 9 aromatic carbocycles. The third-order valence-corrected chi connectivity index (χ3v) is 17.1. The highest BCUT2D eigenvalue weighted by Crippen LogP contribution is 2.52. The maximum Gasteiger partial charge on any atom is 0.252 e. The second kappa shape index (κ2) is 17.7. The second-order valence-electron chi connectivity index (χ2n) is 26.8. The minimum atomic E-state index is -0.169. The summed E-state index contributed by atoms with van der Waals surface area (Å²) in [7, 11) is 0. The predicted molar refractivity (Wildman–Crippen MR) is 333 cm³/mol. The van der Waals surface area contributed by atoms with E-state index in [4.69, 9.17) is 0 Å². The van der Waals surface area contributed by atoms with Gasteiger partial charge in [0.1, 0.15) is 0 Å². The van der Waals surface area contributed by atoms with Crippen LogP contribution in [0.3, 0.4) is 0 Å². The number of fused-ring (bicyclic) bond motifs is 7. The van der Waals surface area contributed by atoms with Crippen molar-refractivity contribution < 1.29 is 0 Å². The van der Waals surface area contributed by atoms with Gasteiger partial charge in [-0.2, -0.15) is 0 Å². The van der Waals surface area contributed by atoms with E-state index < -0.39 is 0 Å². The third kappa shape index (κ3) is 8.51. The van der Waals surface area contributed by atoms with Crippen molar-refractivity contribution in [1.29, 1.82) is 0 Å². The van der Waals surface area contributed by atoms with E-state index in [-0.39, 0.29) is 33.8 Å². The van der Waals surface area contributed by atoms with E-state index in [2.05, 4.69) is 306 Å². The molecule has 3 nitrogen and oxygen atoms in total. The molecule has 3 aliphatic rings. The van der Waals surface area contributed by atoms with Crippen LogP contribution in [0.25, 0.3) is 22.3 Å². The highest BCUT2D eigenvalue weighted by Gasteiger charge is 2.45. The second-order valence-corrected chi connectivity index (χ2v) is 26.8. The molecule has 0 N–H and O–H groups in total. The summed E-state index contributed by atoms with van der Waals surface area (Å²) in [6.45, 7) is 32.4. The number of nitrogens with zero attached hydrogens (tertiary/aromatic N) is 3. The largest absolute Gasteiger partial charge is 0.311 e. The van der Waals surface area contributed by atoms with Crippen molar-refractivity contribution in [3.05, 3.63) is 228 Å². The van der Waals surface area contributed by atoms with Crippen LogP contribution in [-0.4, -0.2) is 6.71 Å². The number of hydrogen-bond acceptors (Lipinski definition) is 3. The van der Waals surface area contributed by atoms with Crippen molar-refractivity contribution >= 4 is 74.3 Å². The number of anilines is 9. The van der Waals surface area contributed by atoms with Gasteiger partial charge in [-0.3, -0.25) is 0 Å². The fraction of sp³-hybridized carbons (Fsp3) is 0.260. The fourth-order valence-corrected chi connectivity index (χ4v) is 12.5. The monoisotopic (exact) mass is 1000 g/mol. The van der Waals surface area contributed by atoms with Crippen LogP contribution in [0.2, 0.25) is 0 Å². The normalized spacial score (nSPS) is 14.4. The Balaban J connectivity index is 1.08. The maximum atomic E-state index is 2.59. The zero-order valence-corrected chi connectivity index (χ0v) is 47.9. The molecule has 0 atom stereocenters. The Morgan fingerprint density at radius 1 is 0.351 bits per heavy atom. The zero-order chi connectivity index (χ0) is 54.1. The van der Waals surface area contributed by atoms with Gasteiger partial charge in [0.15, 0.2) is 0 Å². The van der Waals surface area contributed by atoms with Crippen LogP contribution in [0.15, 0.2) is 194 Å². The summed E-state index contributed by atoms with van der Waals surface area (Å²) in [6.07, 6.45) is 0. The molecule has 1 aliphatic carbocycles. The SMILES string of the molecule is CC(C)(C)c1ccc(-c2ccc(N3c4cc(C(C)(C)C)ccc4B4c5ccc(N(c6ccc(C(C)(C)C)cc6)c6ccc(C(C)(C)C)cc6)cc5N(c5ccc6c(c5)C(C)(C)c5ccccc5-6)c5cccc3c54)cc2)cc1. The third-order valence-electron chi connectivity index (χ3n) is 17.1. The Bertz CT molecular complexity index is 3680. The summed E-state index contributed by atoms with van der Waals surface area (Å²) in [5.74, 6) is 0. The molecular formula is C73H74BN3. The first-order chi connectivity index (χ1) is 36.5. The van der Waals surface area contributed by atoms with Gasteiger partial charge in [-0.25, -0.2) is 0 Å². The maximum absolute atomic E-state index is 2.59. The molecule has 0 aromatic heterocycles. The molecule has 2 aliphatic heterocycles. The van der Waals surface area contributed by atoms with E-state index >= 15 is 0 Å². The number of benzene rings is 9. The highest BCUT2D eigenvalue weighted by molar-refractivity contribution is 7.00. The van der Waals surface area contributed by atoms with Gasteiger partial charge in [0.05, 0.1) is 0 Å². The summed E-state index contributed by atoms with van der Waals surface area (Å²) < 4.78 is 0. The molecule has 0 radical (unpaired) electrons. The molecule has 0 bridgehead atoms. The van der Waals surface area contributed by atoms with Gasteiger partial charge in [0.2, 0.25) is 0 Å². The van der Waals surface area contributed by atoms with Crippen molar-refractivity contribution in [2.75, 3.05) is 14.7 Å². The lowest BCUT2D eigenvalue weighted by atomic mass is 9.33. The molecule has 0 spiro atoms. The predicted octanol–water partition coefficient (Wildman–Crippen LogP) is 18.4. The average molecular weight is 1000 g/mol. The molecule has 0 unspecified atom stereocenters. The Morgan fingerprint density at radius 2 is 0.779 bits per heavy atom. The minimum absolute atomic E-state index is 0.0249. The first-order valence-corrected chi connectivity index (χ1v) is 27.9. The molecule has 0 fully saturated rings. The number of hydrogen-bond donors (Lipinski definition) is 0. The lowest BCUT2D eigenvalue weighted by Gasteiger charge is -2.45. The average Bonchev–Trinajstić information content (AvgIpc) is 3.74. The van der Waals surface area contributed by atoms with Gasteiger partial charge in [-0.15, -0.1) is 0 Å². The van der Waals surface area contributed by atoms with Crippen molar-refractivity contribution in [3.8, 4) is 22.3 Å². The Morgan fingerprint density at radius 3 is 1.32 bits per heavy atom. The molecule has 2 heterocycles. The van der Waals surface area contributed by atoms with Crippen molar-refractivity contribution in [3.63, 3.8) is 0 Å².